The van der Waals surface area contributed by atoms with Gasteiger partial charge in [0.2, 0.25) is 0 Å². The minimum Gasteiger partial charge on any atom is -0.430 e. The fourth-order valence-corrected chi connectivity index (χ4v) is 0.715. The van der Waals surface area contributed by atoms with E-state index in [1.807, 2.05) is 5.92 Å². The lowest BCUT2D eigenvalue weighted by molar-refractivity contribution is -0.147. The maximum atomic E-state index is 12.3. The van der Waals surface area contributed by atoms with E-state index in [4.69, 9.17) is 0 Å². The smallest absolute Gasteiger partial charge is 0.309 e. The molecule has 1 saturated heterocycles. The Morgan fingerprint density at radius 3 is 2.80 bits per heavy atom. The average molecular weight is 146 g/mol. The summed E-state index contributed by atoms with van der Waals surface area (Å²) in [4.78, 5) is 10.3. The average Bonchev–Trinajstić information content (AvgIpc) is 2.13. The molecule has 0 aromatic rings. The van der Waals surface area contributed by atoms with Gasteiger partial charge in [-0.15, -0.1) is 4.39 Å². The van der Waals surface area contributed by atoms with Crippen LogP contribution >= 0.6 is 0 Å². The van der Waals surface area contributed by atoms with Crippen molar-refractivity contribution in [1.82, 2.24) is 0 Å². The Bertz CT molecular complexity index is 204. The first-order chi connectivity index (χ1) is 4.74. The minimum absolute atomic E-state index is 0.155. The molecule has 1 aliphatic rings. The number of halogens is 2. The van der Waals surface area contributed by atoms with Crippen LogP contribution in [-0.4, -0.2) is 12.3 Å². The summed E-state index contributed by atoms with van der Waals surface area (Å²) in [6, 6.07) is 0. The molecule has 0 aromatic heterocycles. The van der Waals surface area contributed by atoms with Gasteiger partial charge in [-0.1, -0.05) is 5.92 Å². The molecular weight excluding hydrogens is 142 g/mol. The second kappa shape index (κ2) is 2.65. The molecule has 0 N–H and O–H groups in total. The van der Waals surface area contributed by atoms with Gasteiger partial charge in [-0.05, 0) is 0 Å². The van der Waals surface area contributed by atoms with Gasteiger partial charge < -0.3 is 4.74 Å². The minimum atomic E-state index is -1.75. The molecule has 0 saturated carbocycles. The number of ether oxygens (including phenoxy) is 1. The molecule has 0 amide bonds. The zero-order valence-electron chi connectivity index (χ0n) is 4.93. The number of alkyl halides is 1. The fourth-order valence-electron chi connectivity index (χ4n) is 0.715. The van der Waals surface area contributed by atoms with Crippen molar-refractivity contribution in [3.05, 3.63) is 0 Å². The molecule has 10 heavy (non-hydrogen) atoms. The first-order valence-corrected chi connectivity index (χ1v) is 2.68. The van der Waals surface area contributed by atoms with Crippen molar-refractivity contribution in [3.63, 3.8) is 0 Å². The Morgan fingerprint density at radius 2 is 2.40 bits per heavy atom. The maximum absolute atomic E-state index is 12.3. The number of hydrogen-bond acceptors (Lipinski definition) is 2. The Labute approximate surface area is 56.2 Å². The van der Waals surface area contributed by atoms with E-state index in [1.165, 1.54) is 0 Å². The van der Waals surface area contributed by atoms with Crippen LogP contribution in [-0.2, 0) is 9.53 Å². The van der Waals surface area contributed by atoms with Gasteiger partial charge in [0.25, 0.3) is 6.36 Å². The molecule has 0 bridgehead atoms. The van der Waals surface area contributed by atoms with Crippen molar-refractivity contribution in [1.29, 1.82) is 0 Å². The quantitative estimate of drug-likeness (QED) is 0.372. The summed E-state index contributed by atoms with van der Waals surface area (Å²) < 4.78 is 27.6. The first kappa shape index (κ1) is 7.00. The van der Waals surface area contributed by atoms with Crippen LogP contribution < -0.4 is 0 Å². The summed E-state index contributed by atoms with van der Waals surface area (Å²) in [7, 11) is 0. The summed E-state index contributed by atoms with van der Waals surface area (Å²) in [6.45, 7) is 0. The number of carbonyl (C=O) groups is 1. The number of esters is 1. The Balaban J connectivity index is 2.60. The highest BCUT2D eigenvalue weighted by molar-refractivity contribution is 5.72. The summed E-state index contributed by atoms with van der Waals surface area (Å²) >= 11 is 0. The first-order valence-electron chi connectivity index (χ1n) is 2.68. The normalized spacial score (nSPS) is 30.8. The summed E-state index contributed by atoms with van der Waals surface area (Å²) in [5.74, 6) is 0.302. The summed E-state index contributed by atoms with van der Waals surface area (Å²) in [6.07, 6.45) is -0.870. The highest BCUT2D eigenvalue weighted by Crippen LogP contribution is 2.21. The second-order valence-electron chi connectivity index (χ2n) is 1.89. The van der Waals surface area contributed by atoms with Gasteiger partial charge in [0.05, 0.1) is 6.42 Å². The van der Waals surface area contributed by atoms with E-state index in [-0.39, 0.29) is 6.42 Å². The largest absolute Gasteiger partial charge is 0.430 e. The Morgan fingerprint density at radius 1 is 1.70 bits per heavy atom. The molecule has 0 aliphatic carbocycles. The molecule has 0 spiro atoms. The molecule has 0 aromatic carbocycles. The third kappa shape index (κ3) is 1.24. The predicted molar refractivity (Wildman–Crippen MR) is 28.0 cm³/mol. The summed E-state index contributed by atoms with van der Waals surface area (Å²) in [5.41, 5.74) is 0. The van der Waals surface area contributed by atoms with E-state index in [9.17, 15) is 13.6 Å². The Hall–Kier alpha value is -1.11. The van der Waals surface area contributed by atoms with Gasteiger partial charge >= 0.3 is 5.97 Å². The van der Waals surface area contributed by atoms with Crippen molar-refractivity contribution < 1.29 is 18.3 Å². The lowest BCUT2D eigenvalue weighted by Crippen LogP contribution is -2.06. The van der Waals surface area contributed by atoms with Gasteiger partial charge in [0.15, 0.2) is 0 Å². The lowest BCUT2D eigenvalue weighted by Gasteiger charge is -1.98. The van der Waals surface area contributed by atoms with Crippen LogP contribution in [0.5, 0.6) is 0 Å². The van der Waals surface area contributed by atoms with E-state index in [0.717, 1.165) is 6.17 Å². The highest BCUT2D eigenvalue weighted by atomic mass is 19.1. The molecule has 0 radical (unpaired) electrons. The van der Waals surface area contributed by atoms with E-state index in [1.54, 1.807) is 0 Å². The van der Waals surface area contributed by atoms with Crippen molar-refractivity contribution in [2.75, 3.05) is 0 Å². The van der Waals surface area contributed by atoms with E-state index in [2.05, 4.69) is 4.74 Å². The molecule has 2 nitrogen and oxygen atoms in total. The highest BCUT2D eigenvalue weighted by Gasteiger charge is 2.33. The van der Waals surface area contributed by atoms with Crippen molar-refractivity contribution in [3.8, 4) is 12.1 Å². The van der Waals surface area contributed by atoms with Crippen molar-refractivity contribution in [2.45, 2.75) is 12.8 Å². The van der Waals surface area contributed by atoms with E-state index in [0.29, 0.717) is 0 Å². The van der Waals surface area contributed by atoms with Crippen LogP contribution in [0.4, 0.5) is 8.78 Å². The molecule has 4 heteroatoms. The van der Waals surface area contributed by atoms with Crippen LogP contribution in [0.3, 0.4) is 0 Å². The van der Waals surface area contributed by atoms with Crippen LogP contribution in [0.15, 0.2) is 0 Å². The second-order valence-corrected chi connectivity index (χ2v) is 1.89. The summed E-state index contributed by atoms with van der Waals surface area (Å²) in [5, 5.41) is 0. The number of carbonyl (C=O) groups excluding carboxylic acids is 1. The van der Waals surface area contributed by atoms with Gasteiger partial charge in [-0.2, -0.15) is 0 Å². The van der Waals surface area contributed by atoms with Gasteiger partial charge in [0.1, 0.15) is 12.1 Å². The number of hydrogen-bond donors (Lipinski definition) is 0. The van der Waals surface area contributed by atoms with Crippen LogP contribution in [0.2, 0.25) is 0 Å². The monoisotopic (exact) mass is 146 g/mol. The molecule has 1 fully saturated rings. The third-order valence-electron chi connectivity index (χ3n) is 1.19. The van der Waals surface area contributed by atoms with Crippen LogP contribution in [0, 0.1) is 18.0 Å². The van der Waals surface area contributed by atoms with Crippen molar-refractivity contribution >= 4 is 5.97 Å². The maximum Gasteiger partial charge on any atom is 0.309 e. The van der Waals surface area contributed by atoms with E-state index < -0.39 is 18.2 Å². The van der Waals surface area contributed by atoms with Gasteiger partial charge in [-0.3, -0.25) is 4.79 Å². The third-order valence-corrected chi connectivity index (χ3v) is 1.19. The molecule has 54 valence electrons. The van der Waals surface area contributed by atoms with E-state index >= 15 is 0 Å². The zero-order chi connectivity index (χ0) is 7.56. The lowest BCUT2D eigenvalue weighted by atomic mass is 10.1. The van der Waals surface area contributed by atoms with Crippen LogP contribution in [0.25, 0.3) is 0 Å². The molecule has 2 unspecified atom stereocenters. The standard InChI is InChI=1S/C6H4F2O2/c7-2-1-4-3-5(9)10-6(4)8/h4,6H,3H2. The number of rotatable bonds is 0. The van der Waals surface area contributed by atoms with Gasteiger partial charge in [-0.25, -0.2) is 4.39 Å². The van der Waals surface area contributed by atoms with Crippen molar-refractivity contribution in [2.24, 2.45) is 5.92 Å². The topological polar surface area (TPSA) is 26.3 Å². The Kier molecular flexibility index (Phi) is 1.86. The molecule has 1 heterocycles. The number of cyclic esters (lactones) is 1. The fraction of sp³-hybridized carbons (Fsp3) is 0.500. The predicted octanol–water partition coefficient (Wildman–Crippen LogP) is 0.775. The molecular formula is C6H4F2O2. The molecule has 1 rings (SSSR count). The van der Waals surface area contributed by atoms with Gasteiger partial charge in [0, 0.05) is 0 Å². The zero-order valence-corrected chi connectivity index (χ0v) is 4.93. The molecule has 1 aliphatic heterocycles. The van der Waals surface area contributed by atoms with Crippen LogP contribution in [0.1, 0.15) is 6.42 Å². The SMILES string of the molecule is O=C1CC(C#CF)C(F)O1. The molecule has 2 atom stereocenters.